The molecule has 0 fully saturated rings. The lowest BCUT2D eigenvalue weighted by atomic mass is 10.3. The van der Waals surface area contributed by atoms with Crippen molar-refractivity contribution in [1.82, 2.24) is 9.97 Å². The lowest BCUT2D eigenvalue weighted by molar-refractivity contribution is 1.05. The number of aromatic nitrogens is 2. The molecular weight excluding hydrogens is 505 g/mol. The second kappa shape index (κ2) is 5.77. The van der Waals surface area contributed by atoms with E-state index in [-0.39, 0.29) is 12.4 Å². The van der Waals surface area contributed by atoms with Gasteiger partial charge in [-0.3, -0.25) is 0 Å². The average Bonchev–Trinajstić information content (AvgIpc) is 2.68. The third kappa shape index (κ3) is 2.68. The van der Waals surface area contributed by atoms with Crippen LogP contribution in [0.25, 0.3) is 11.0 Å². The maximum absolute atomic E-state index is 4.52. The molecular formula is C9H8Br4ClN3. The van der Waals surface area contributed by atoms with Crippen molar-refractivity contribution in [3.8, 4) is 0 Å². The van der Waals surface area contributed by atoms with Crippen LogP contribution in [-0.2, 0) is 0 Å². The number of halogens is 5. The number of hydrogen-bond acceptors (Lipinski definition) is 2. The highest BCUT2D eigenvalue weighted by atomic mass is 79.9. The van der Waals surface area contributed by atoms with Crippen LogP contribution < -0.4 is 4.90 Å². The summed E-state index contributed by atoms with van der Waals surface area (Å²) in [6.45, 7) is 0. The molecule has 0 saturated heterocycles. The lowest BCUT2D eigenvalue weighted by Crippen LogP contribution is -2.09. The summed E-state index contributed by atoms with van der Waals surface area (Å²) in [6.07, 6.45) is 0. The van der Waals surface area contributed by atoms with Crippen molar-refractivity contribution in [3.05, 3.63) is 17.9 Å². The second-order valence-corrected chi connectivity index (χ2v) is 6.61. The van der Waals surface area contributed by atoms with Gasteiger partial charge in [-0.05, 0) is 63.7 Å². The van der Waals surface area contributed by atoms with E-state index in [4.69, 9.17) is 0 Å². The van der Waals surface area contributed by atoms with Crippen LogP contribution >= 0.6 is 76.1 Å². The Morgan fingerprint density at radius 1 is 0.941 bits per heavy atom. The predicted octanol–water partition coefficient (Wildman–Crippen LogP) is 5.10. The molecule has 0 aliphatic heterocycles. The number of benzene rings is 1. The first-order valence-electron chi connectivity index (χ1n) is 4.32. The number of nitrogens with one attached hydrogen (secondary N) is 1. The highest BCUT2D eigenvalue weighted by Crippen LogP contribution is 2.42. The van der Waals surface area contributed by atoms with Crippen molar-refractivity contribution >= 4 is 93.1 Å². The van der Waals surface area contributed by atoms with E-state index in [0.717, 1.165) is 34.9 Å². The second-order valence-electron chi connectivity index (χ2n) is 3.43. The first-order valence-corrected chi connectivity index (χ1v) is 7.49. The summed E-state index contributed by atoms with van der Waals surface area (Å²) >= 11 is 14.1. The van der Waals surface area contributed by atoms with E-state index in [1.54, 1.807) is 0 Å². The van der Waals surface area contributed by atoms with Gasteiger partial charge in [0.25, 0.3) is 0 Å². The van der Waals surface area contributed by atoms with E-state index in [2.05, 4.69) is 73.7 Å². The molecule has 0 aliphatic carbocycles. The van der Waals surface area contributed by atoms with Crippen LogP contribution in [0.4, 0.5) is 5.95 Å². The van der Waals surface area contributed by atoms with Crippen molar-refractivity contribution in [2.45, 2.75) is 0 Å². The van der Waals surface area contributed by atoms with Gasteiger partial charge in [0.1, 0.15) is 5.52 Å². The Balaban J connectivity index is 0.00000144. The number of rotatable bonds is 1. The molecule has 0 bridgehead atoms. The largest absolute Gasteiger partial charge is 0.349 e. The summed E-state index contributed by atoms with van der Waals surface area (Å²) in [5.74, 6) is 0.821. The van der Waals surface area contributed by atoms with Gasteiger partial charge in [-0.25, -0.2) is 4.98 Å². The first-order chi connectivity index (χ1) is 7.43. The lowest BCUT2D eigenvalue weighted by Gasteiger charge is -2.05. The zero-order valence-electron chi connectivity index (χ0n) is 8.81. The van der Waals surface area contributed by atoms with Crippen LogP contribution in [0.2, 0.25) is 0 Å². The number of anilines is 1. The summed E-state index contributed by atoms with van der Waals surface area (Å²) in [5, 5.41) is 0. The third-order valence-corrected chi connectivity index (χ3v) is 6.87. The Bertz CT molecular complexity index is 522. The summed E-state index contributed by atoms with van der Waals surface area (Å²) in [5.41, 5.74) is 1.86. The maximum atomic E-state index is 4.52. The minimum atomic E-state index is 0. The first kappa shape index (κ1) is 15.8. The number of hydrogen-bond donors (Lipinski definition) is 1. The van der Waals surface area contributed by atoms with Gasteiger partial charge < -0.3 is 9.88 Å². The van der Waals surface area contributed by atoms with Crippen LogP contribution in [-0.4, -0.2) is 24.1 Å². The molecule has 0 spiro atoms. The van der Waals surface area contributed by atoms with Gasteiger partial charge in [-0.1, -0.05) is 0 Å². The molecule has 1 N–H and O–H groups in total. The van der Waals surface area contributed by atoms with Gasteiger partial charge in [-0.2, -0.15) is 0 Å². The van der Waals surface area contributed by atoms with Gasteiger partial charge in [0.15, 0.2) is 0 Å². The van der Waals surface area contributed by atoms with Crippen LogP contribution in [0.3, 0.4) is 0 Å². The van der Waals surface area contributed by atoms with Crippen LogP contribution in [0.15, 0.2) is 17.9 Å². The molecule has 1 aromatic carbocycles. The molecule has 0 aliphatic rings. The number of H-pyrrole nitrogens is 1. The summed E-state index contributed by atoms with van der Waals surface area (Å²) in [4.78, 5) is 9.71. The van der Waals surface area contributed by atoms with Crippen LogP contribution in [0.1, 0.15) is 0 Å². The zero-order valence-corrected chi connectivity index (χ0v) is 16.0. The van der Waals surface area contributed by atoms with Crippen molar-refractivity contribution in [2.24, 2.45) is 0 Å². The van der Waals surface area contributed by atoms with Gasteiger partial charge in [0.05, 0.1) is 14.5 Å². The molecule has 0 unspecified atom stereocenters. The predicted molar refractivity (Wildman–Crippen MR) is 88.5 cm³/mol. The molecule has 17 heavy (non-hydrogen) atoms. The van der Waals surface area contributed by atoms with Crippen molar-refractivity contribution < 1.29 is 0 Å². The molecule has 2 aromatic rings. The SMILES string of the molecule is CN(C)c1nc2c(Br)c(Br)c(Br)c(Br)c2[nH]1.Cl. The average molecular weight is 513 g/mol. The Kier molecular flexibility index (Phi) is 5.35. The summed E-state index contributed by atoms with van der Waals surface area (Å²) in [6, 6.07) is 0. The van der Waals surface area contributed by atoms with E-state index < -0.39 is 0 Å². The van der Waals surface area contributed by atoms with Gasteiger partial charge >= 0.3 is 0 Å². The van der Waals surface area contributed by atoms with Gasteiger partial charge in [-0.15, -0.1) is 12.4 Å². The Morgan fingerprint density at radius 2 is 1.47 bits per heavy atom. The highest BCUT2D eigenvalue weighted by Gasteiger charge is 2.17. The van der Waals surface area contributed by atoms with Gasteiger partial charge in [0.2, 0.25) is 5.95 Å². The Labute approximate surface area is 139 Å². The Morgan fingerprint density at radius 3 is 2.00 bits per heavy atom. The number of aromatic amines is 1. The van der Waals surface area contributed by atoms with Crippen LogP contribution in [0, 0.1) is 0 Å². The van der Waals surface area contributed by atoms with E-state index in [1.165, 1.54) is 0 Å². The molecule has 0 atom stereocenters. The minimum Gasteiger partial charge on any atom is -0.349 e. The molecule has 0 amide bonds. The molecule has 0 radical (unpaired) electrons. The monoisotopic (exact) mass is 509 g/mol. The topological polar surface area (TPSA) is 31.9 Å². The van der Waals surface area contributed by atoms with Crippen molar-refractivity contribution in [1.29, 1.82) is 0 Å². The number of fused-ring (bicyclic) bond motifs is 1. The summed E-state index contributed by atoms with van der Waals surface area (Å²) < 4.78 is 3.80. The standard InChI is InChI=1S/C9H7Br4N3.ClH/c1-16(2)9-14-7-5(12)3(10)4(11)6(13)8(7)15-9;/h1-2H3,(H,14,15);1H. The highest BCUT2D eigenvalue weighted by molar-refractivity contribution is 9.15. The molecule has 0 saturated carbocycles. The smallest absolute Gasteiger partial charge is 0.203 e. The van der Waals surface area contributed by atoms with E-state index in [0.29, 0.717) is 0 Å². The number of nitrogens with zero attached hydrogens (tertiary/aromatic N) is 2. The van der Waals surface area contributed by atoms with Crippen molar-refractivity contribution in [2.75, 3.05) is 19.0 Å². The van der Waals surface area contributed by atoms with Gasteiger partial charge in [0, 0.05) is 23.0 Å². The number of imidazole rings is 1. The Hall–Kier alpha value is 0.700. The zero-order chi connectivity index (χ0) is 12.0. The maximum Gasteiger partial charge on any atom is 0.203 e. The van der Waals surface area contributed by atoms with E-state index in [9.17, 15) is 0 Å². The molecule has 2 rings (SSSR count). The molecule has 8 heteroatoms. The molecule has 1 aromatic heterocycles. The molecule has 1 heterocycles. The van der Waals surface area contributed by atoms with Crippen LogP contribution in [0.5, 0.6) is 0 Å². The fraction of sp³-hybridized carbons (Fsp3) is 0.222. The van der Waals surface area contributed by atoms with E-state index in [1.807, 2.05) is 19.0 Å². The quantitative estimate of drug-likeness (QED) is 0.425. The fourth-order valence-corrected chi connectivity index (χ4v) is 3.58. The molecule has 94 valence electrons. The normalized spacial score (nSPS) is 10.5. The summed E-state index contributed by atoms with van der Waals surface area (Å²) in [7, 11) is 3.90. The molecule has 3 nitrogen and oxygen atoms in total. The van der Waals surface area contributed by atoms with E-state index >= 15 is 0 Å². The fourth-order valence-electron chi connectivity index (χ4n) is 1.30. The third-order valence-electron chi connectivity index (χ3n) is 2.12. The van der Waals surface area contributed by atoms with Crippen molar-refractivity contribution in [3.63, 3.8) is 0 Å². The minimum absolute atomic E-state index is 0.